The molecule has 1 heterocycles. The number of allylic oxidation sites excluding steroid dienone is 2. The molecule has 1 fully saturated rings. The first-order valence-corrected chi connectivity index (χ1v) is 9.03. The van der Waals surface area contributed by atoms with Crippen molar-refractivity contribution in [2.45, 2.75) is 84.8 Å². The van der Waals surface area contributed by atoms with Crippen LogP contribution in [0.5, 0.6) is 0 Å². The molecule has 1 saturated heterocycles. The van der Waals surface area contributed by atoms with Gasteiger partial charge in [0.05, 0.1) is 13.2 Å². The first-order valence-electron chi connectivity index (χ1n) is 9.03. The van der Waals surface area contributed by atoms with Gasteiger partial charge >= 0.3 is 0 Å². The molecule has 0 saturated carbocycles. The van der Waals surface area contributed by atoms with Crippen molar-refractivity contribution in [3.05, 3.63) is 11.1 Å². The van der Waals surface area contributed by atoms with Gasteiger partial charge in [0.2, 0.25) is 0 Å². The Morgan fingerprint density at radius 1 is 1.10 bits per heavy atom. The second-order valence-corrected chi connectivity index (χ2v) is 7.29. The van der Waals surface area contributed by atoms with Gasteiger partial charge in [-0.05, 0) is 50.9 Å². The van der Waals surface area contributed by atoms with Gasteiger partial charge in [0, 0.05) is 6.42 Å². The minimum Gasteiger partial charge on any atom is -0.348 e. The molecule has 122 valence electrons. The molecule has 2 rings (SSSR count). The van der Waals surface area contributed by atoms with E-state index in [0.29, 0.717) is 0 Å². The van der Waals surface area contributed by atoms with Gasteiger partial charge in [0.15, 0.2) is 5.79 Å². The van der Waals surface area contributed by atoms with Crippen LogP contribution in [0.2, 0.25) is 0 Å². The van der Waals surface area contributed by atoms with Crippen molar-refractivity contribution >= 4 is 0 Å². The van der Waals surface area contributed by atoms with E-state index in [1.54, 1.807) is 11.1 Å². The molecule has 1 aliphatic carbocycles. The fourth-order valence-electron chi connectivity index (χ4n) is 3.92. The molecular weight excluding hydrogens is 260 g/mol. The molecular formula is C19H34O2. The molecule has 2 heteroatoms. The predicted octanol–water partition coefficient (Wildman–Crippen LogP) is 5.47. The maximum absolute atomic E-state index is 5.79. The number of rotatable bonds is 4. The van der Waals surface area contributed by atoms with E-state index < -0.39 is 0 Å². The molecule has 2 atom stereocenters. The second kappa shape index (κ2) is 7.78. The van der Waals surface area contributed by atoms with E-state index >= 15 is 0 Å². The van der Waals surface area contributed by atoms with Crippen molar-refractivity contribution in [2.75, 3.05) is 13.2 Å². The van der Waals surface area contributed by atoms with Crippen molar-refractivity contribution in [3.63, 3.8) is 0 Å². The lowest BCUT2D eigenvalue weighted by Crippen LogP contribution is -2.26. The van der Waals surface area contributed by atoms with E-state index in [1.165, 1.54) is 38.5 Å². The van der Waals surface area contributed by atoms with Crippen LogP contribution in [0.1, 0.15) is 79.1 Å². The smallest absolute Gasteiger partial charge is 0.166 e. The Morgan fingerprint density at radius 3 is 2.48 bits per heavy atom. The molecule has 2 unspecified atom stereocenters. The van der Waals surface area contributed by atoms with Gasteiger partial charge < -0.3 is 9.47 Å². The van der Waals surface area contributed by atoms with E-state index in [4.69, 9.17) is 9.47 Å². The monoisotopic (exact) mass is 294 g/mol. The van der Waals surface area contributed by atoms with Gasteiger partial charge in [-0.25, -0.2) is 0 Å². The van der Waals surface area contributed by atoms with Crippen LogP contribution in [0.4, 0.5) is 0 Å². The summed E-state index contributed by atoms with van der Waals surface area (Å²) in [5.74, 6) is 1.28. The van der Waals surface area contributed by atoms with Crippen molar-refractivity contribution in [3.8, 4) is 0 Å². The Kier molecular flexibility index (Phi) is 6.31. The fourth-order valence-corrected chi connectivity index (χ4v) is 3.92. The van der Waals surface area contributed by atoms with Gasteiger partial charge in [-0.2, -0.15) is 0 Å². The number of hydrogen-bond acceptors (Lipinski definition) is 2. The molecule has 0 spiro atoms. The SMILES string of the molecule is CCC1=C(CCC2(C)OCCO2)C(C)CCC(C)CCC1. The summed E-state index contributed by atoms with van der Waals surface area (Å²) in [7, 11) is 0. The predicted molar refractivity (Wildman–Crippen MR) is 88.3 cm³/mol. The quantitative estimate of drug-likeness (QED) is 0.640. The molecule has 0 aromatic heterocycles. The molecule has 0 aromatic carbocycles. The van der Waals surface area contributed by atoms with Gasteiger partial charge in [-0.3, -0.25) is 0 Å². The standard InChI is InChI=1S/C19H34O2/c1-5-17-8-6-7-15(2)9-10-16(3)18(17)11-12-19(4)20-13-14-21-19/h15-16H,5-14H2,1-4H3. The van der Waals surface area contributed by atoms with Gasteiger partial charge in [0.1, 0.15) is 0 Å². The largest absolute Gasteiger partial charge is 0.348 e. The maximum Gasteiger partial charge on any atom is 0.166 e. The summed E-state index contributed by atoms with van der Waals surface area (Å²) in [6, 6.07) is 0. The average molecular weight is 294 g/mol. The fraction of sp³-hybridized carbons (Fsp3) is 0.895. The van der Waals surface area contributed by atoms with E-state index in [-0.39, 0.29) is 5.79 Å². The van der Waals surface area contributed by atoms with Crippen LogP contribution in [0.3, 0.4) is 0 Å². The lowest BCUT2D eigenvalue weighted by Gasteiger charge is -2.26. The van der Waals surface area contributed by atoms with Crippen molar-refractivity contribution in [2.24, 2.45) is 11.8 Å². The van der Waals surface area contributed by atoms with Crippen LogP contribution in [0.15, 0.2) is 11.1 Å². The molecule has 1 aliphatic heterocycles. The molecule has 0 amide bonds. The summed E-state index contributed by atoms with van der Waals surface area (Å²) < 4.78 is 11.6. The minimum absolute atomic E-state index is 0.336. The van der Waals surface area contributed by atoms with Crippen molar-refractivity contribution in [1.82, 2.24) is 0 Å². The highest BCUT2D eigenvalue weighted by atomic mass is 16.7. The van der Waals surface area contributed by atoms with E-state index in [2.05, 4.69) is 27.7 Å². The van der Waals surface area contributed by atoms with Gasteiger partial charge in [-0.15, -0.1) is 0 Å². The Labute approximate surface area is 131 Å². The van der Waals surface area contributed by atoms with E-state index in [1.807, 2.05) is 0 Å². The summed E-state index contributed by atoms with van der Waals surface area (Å²) >= 11 is 0. The highest BCUT2D eigenvalue weighted by molar-refractivity contribution is 5.17. The van der Waals surface area contributed by atoms with Crippen LogP contribution in [-0.4, -0.2) is 19.0 Å². The third-order valence-corrected chi connectivity index (χ3v) is 5.49. The summed E-state index contributed by atoms with van der Waals surface area (Å²) in [4.78, 5) is 0. The Balaban J connectivity index is 2.05. The third kappa shape index (κ3) is 4.82. The molecule has 0 N–H and O–H groups in total. The van der Waals surface area contributed by atoms with Gasteiger partial charge in [-0.1, -0.05) is 44.8 Å². The van der Waals surface area contributed by atoms with Crippen LogP contribution in [0.25, 0.3) is 0 Å². The Morgan fingerprint density at radius 2 is 1.81 bits per heavy atom. The van der Waals surface area contributed by atoms with Crippen molar-refractivity contribution < 1.29 is 9.47 Å². The topological polar surface area (TPSA) is 18.5 Å². The van der Waals surface area contributed by atoms with Gasteiger partial charge in [0.25, 0.3) is 0 Å². The van der Waals surface area contributed by atoms with E-state index in [9.17, 15) is 0 Å². The Bertz CT molecular complexity index is 353. The molecule has 2 aliphatic rings. The number of ether oxygens (including phenoxy) is 2. The second-order valence-electron chi connectivity index (χ2n) is 7.29. The first-order chi connectivity index (χ1) is 10.0. The summed E-state index contributed by atoms with van der Waals surface area (Å²) in [6.07, 6.45) is 10.2. The summed E-state index contributed by atoms with van der Waals surface area (Å²) in [5.41, 5.74) is 3.44. The average Bonchev–Trinajstić information content (AvgIpc) is 2.91. The van der Waals surface area contributed by atoms with Crippen LogP contribution in [-0.2, 0) is 9.47 Å². The summed E-state index contributed by atoms with van der Waals surface area (Å²) in [5, 5.41) is 0. The lowest BCUT2D eigenvalue weighted by molar-refractivity contribution is -0.146. The summed E-state index contributed by atoms with van der Waals surface area (Å²) in [6.45, 7) is 10.8. The first kappa shape index (κ1) is 17.0. The zero-order valence-corrected chi connectivity index (χ0v) is 14.5. The normalized spacial score (nSPS) is 30.9. The molecule has 2 nitrogen and oxygen atoms in total. The lowest BCUT2D eigenvalue weighted by atomic mass is 9.85. The third-order valence-electron chi connectivity index (χ3n) is 5.49. The molecule has 0 radical (unpaired) electrons. The van der Waals surface area contributed by atoms with Crippen LogP contribution in [0, 0.1) is 11.8 Å². The van der Waals surface area contributed by atoms with E-state index in [0.717, 1.165) is 37.9 Å². The molecule has 21 heavy (non-hydrogen) atoms. The zero-order valence-electron chi connectivity index (χ0n) is 14.5. The highest BCUT2D eigenvalue weighted by Gasteiger charge is 2.31. The maximum atomic E-state index is 5.79. The highest BCUT2D eigenvalue weighted by Crippen LogP contribution is 2.35. The number of hydrogen-bond donors (Lipinski definition) is 0. The zero-order chi connectivity index (χ0) is 15.3. The van der Waals surface area contributed by atoms with Crippen LogP contribution < -0.4 is 0 Å². The van der Waals surface area contributed by atoms with Crippen LogP contribution >= 0.6 is 0 Å². The van der Waals surface area contributed by atoms with Crippen molar-refractivity contribution in [1.29, 1.82) is 0 Å². The Hall–Kier alpha value is -0.340. The molecule has 0 aromatic rings. The minimum atomic E-state index is -0.336. The molecule has 0 bridgehead atoms.